The van der Waals surface area contributed by atoms with Crippen molar-refractivity contribution < 1.29 is 18.0 Å². The predicted octanol–water partition coefficient (Wildman–Crippen LogP) is 3.28. The van der Waals surface area contributed by atoms with E-state index in [1.807, 2.05) is 11.5 Å². The van der Waals surface area contributed by atoms with Gasteiger partial charge in [-0.15, -0.1) is 10.2 Å². The third-order valence-electron chi connectivity index (χ3n) is 4.57. The van der Waals surface area contributed by atoms with E-state index in [0.717, 1.165) is 31.6 Å². The maximum absolute atomic E-state index is 12.7. The first kappa shape index (κ1) is 19.2. The van der Waals surface area contributed by atoms with Crippen molar-refractivity contribution in [1.29, 1.82) is 0 Å². The third kappa shape index (κ3) is 4.99. The molecule has 9 heteroatoms. The Morgan fingerprint density at radius 1 is 1.22 bits per heavy atom. The Morgan fingerprint density at radius 2 is 1.96 bits per heavy atom. The zero-order valence-electron chi connectivity index (χ0n) is 15.0. The van der Waals surface area contributed by atoms with Crippen LogP contribution >= 0.6 is 0 Å². The normalized spacial score (nSPS) is 15.1. The molecule has 27 heavy (non-hydrogen) atoms. The Morgan fingerprint density at radius 3 is 2.70 bits per heavy atom. The fourth-order valence-corrected chi connectivity index (χ4v) is 3.26. The molecule has 1 atom stereocenters. The molecule has 0 fully saturated rings. The molecular weight excluding hydrogens is 359 g/mol. The van der Waals surface area contributed by atoms with Gasteiger partial charge in [-0.3, -0.25) is 0 Å². The van der Waals surface area contributed by atoms with Crippen LogP contribution < -0.4 is 10.6 Å². The molecule has 3 rings (SSSR count). The zero-order valence-corrected chi connectivity index (χ0v) is 15.0. The molecule has 2 aromatic rings. The number of nitrogens with one attached hydrogen (secondary N) is 2. The summed E-state index contributed by atoms with van der Waals surface area (Å²) in [5, 5.41) is 13.7. The van der Waals surface area contributed by atoms with Crippen LogP contribution in [-0.4, -0.2) is 27.0 Å². The van der Waals surface area contributed by atoms with Crippen molar-refractivity contribution in [2.75, 3.05) is 0 Å². The highest BCUT2D eigenvalue weighted by Crippen LogP contribution is 2.23. The number of alkyl halides is 3. The number of nitrogens with zero attached hydrogens (tertiary/aromatic N) is 3. The van der Waals surface area contributed by atoms with E-state index in [4.69, 9.17) is 0 Å². The number of hydrogen-bond acceptors (Lipinski definition) is 3. The lowest BCUT2D eigenvalue weighted by atomic mass is 10.0. The number of hydrogen-bond donors (Lipinski definition) is 2. The Labute approximate surface area is 155 Å². The van der Waals surface area contributed by atoms with Gasteiger partial charge in [0.1, 0.15) is 5.82 Å². The van der Waals surface area contributed by atoms with Gasteiger partial charge in [0.2, 0.25) is 0 Å². The SMILES string of the molecule is CC(NC(=O)NCc1ccccc1CC(F)(F)F)c1nnc2n1CCCC2. The molecule has 0 aliphatic carbocycles. The van der Waals surface area contributed by atoms with Crippen molar-refractivity contribution >= 4 is 6.03 Å². The lowest BCUT2D eigenvalue weighted by Gasteiger charge is -2.19. The molecule has 1 aliphatic rings. The van der Waals surface area contributed by atoms with E-state index < -0.39 is 18.6 Å². The number of fused-ring (bicyclic) bond motifs is 1. The molecule has 0 saturated carbocycles. The molecule has 1 aliphatic heterocycles. The smallest absolute Gasteiger partial charge is 0.334 e. The van der Waals surface area contributed by atoms with Gasteiger partial charge in [0, 0.05) is 19.5 Å². The number of halogens is 3. The van der Waals surface area contributed by atoms with E-state index in [0.29, 0.717) is 11.4 Å². The fourth-order valence-electron chi connectivity index (χ4n) is 3.26. The van der Waals surface area contributed by atoms with Crippen LogP contribution in [-0.2, 0) is 25.9 Å². The highest BCUT2D eigenvalue weighted by atomic mass is 19.4. The van der Waals surface area contributed by atoms with Crippen molar-refractivity contribution in [3.8, 4) is 0 Å². The predicted molar refractivity (Wildman–Crippen MR) is 92.9 cm³/mol. The molecule has 0 saturated heterocycles. The molecule has 2 amide bonds. The average molecular weight is 381 g/mol. The van der Waals surface area contributed by atoms with Crippen molar-refractivity contribution in [1.82, 2.24) is 25.4 Å². The summed E-state index contributed by atoms with van der Waals surface area (Å²) in [4.78, 5) is 12.2. The molecule has 1 unspecified atom stereocenters. The maximum Gasteiger partial charge on any atom is 0.393 e. The number of urea groups is 1. The van der Waals surface area contributed by atoms with Gasteiger partial charge in [-0.1, -0.05) is 24.3 Å². The van der Waals surface area contributed by atoms with Crippen LogP contribution in [0.25, 0.3) is 0 Å². The van der Waals surface area contributed by atoms with Crippen LogP contribution in [0.15, 0.2) is 24.3 Å². The van der Waals surface area contributed by atoms with Crippen LogP contribution in [0.4, 0.5) is 18.0 Å². The lowest BCUT2D eigenvalue weighted by molar-refractivity contribution is -0.127. The van der Waals surface area contributed by atoms with Gasteiger partial charge in [0.05, 0.1) is 12.5 Å². The van der Waals surface area contributed by atoms with Crippen LogP contribution in [0.5, 0.6) is 0 Å². The van der Waals surface area contributed by atoms with E-state index in [-0.39, 0.29) is 18.2 Å². The second-order valence-electron chi connectivity index (χ2n) is 6.69. The molecule has 1 aromatic carbocycles. The Hall–Kier alpha value is -2.58. The van der Waals surface area contributed by atoms with Crippen LogP contribution in [0.1, 0.15) is 48.6 Å². The summed E-state index contributed by atoms with van der Waals surface area (Å²) >= 11 is 0. The molecule has 146 valence electrons. The van der Waals surface area contributed by atoms with Crippen molar-refractivity contribution in [3.63, 3.8) is 0 Å². The first-order chi connectivity index (χ1) is 12.8. The molecule has 2 N–H and O–H groups in total. The minimum absolute atomic E-state index is 0.0166. The van der Waals surface area contributed by atoms with Gasteiger partial charge in [-0.2, -0.15) is 13.2 Å². The number of aromatic nitrogens is 3. The number of aryl methyl sites for hydroxylation is 1. The minimum atomic E-state index is -4.29. The summed E-state index contributed by atoms with van der Waals surface area (Å²) in [5.74, 6) is 1.61. The first-order valence-corrected chi connectivity index (χ1v) is 8.93. The first-order valence-electron chi connectivity index (χ1n) is 8.93. The largest absolute Gasteiger partial charge is 0.393 e. The molecule has 0 spiro atoms. The summed E-state index contributed by atoms with van der Waals surface area (Å²) in [6, 6.07) is 5.40. The van der Waals surface area contributed by atoms with E-state index >= 15 is 0 Å². The Kier molecular flexibility index (Phi) is 5.67. The lowest BCUT2D eigenvalue weighted by Crippen LogP contribution is -2.38. The Bertz CT molecular complexity index is 803. The number of carbonyl (C=O) groups is 1. The van der Waals surface area contributed by atoms with Crippen molar-refractivity contribution in [3.05, 3.63) is 47.0 Å². The van der Waals surface area contributed by atoms with Gasteiger partial charge >= 0.3 is 12.2 Å². The monoisotopic (exact) mass is 381 g/mol. The minimum Gasteiger partial charge on any atom is -0.334 e. The maximum atomic E-state index is 12.7. The van der Waals surface area contributed by atoms with E-state index in [9.17, 15) is 18.0 Å². The topological polar surface area (TPSA) is 71.8 Å². The van der Waals surface area contributed by atoms with E-state index in [1.165, 1.54) is 6.07 Å². The average Bonchev–Trinajstić information content (AvgIpc) is 3.04. The summed E-state index contributed by atoms with van der Waals surface area (Å²) < 4.78 is 40.0. The molecule has 0 bridgehead atoms. The van der Waals surface area contributed by atoms with Gasteiger partial charge in [-0.25, -0.2) is 4.79 Å². The Balaban J connectivity index is 1.58. The second kappa shape index (κ2) is 7.98. The van der Waals surface area contributed by atoms with Gasteiger partial charge in [-0.05, 0) is 30.9 Å². The second-order valence-corrected chi connectivity index (χ2v) is 6.69. The summed E-state index contributed by atoms with van der Waals surface area (Å²) in [6.07, 6.45) is -2.30. The molecule has 1 aromatic heterocycles. The van der Waals surface area contributed by atoms with Gasteiger partial charge < -0.3 is 15.2 Å². The summed E-state index contributed by atoms with van der Waals surface area (Å²) in [6.45, 7) is 2.65. The van der Waals surface area contributed by atoms with Crippen molar-refractivity contribution in [2.45, 2.75) is 57.9 Å². The molecule has 6 nitrogen and oxygen atoms in total. The number of carbonyl (C=O) groups excluding carboxylic acids is 1. The standard InChI is InChI=1S/C18H22F3N5O/c1-12(16-25-24-15-8-4-5-9-26(15)16)23-17(27)22-11-14-7-3-2-6-13(14)10-18(19,20)21/h2-3,6-7,12H,4-5,8-11H2,1H3,(H2,22,23,27). The van der Waals surface area contributed by atoms with Gasteiger partial charge in [0.25, 0.3) is 0 Å². The highest BCUT2D eigenvalue weighted by molar-refractivity contribution is 5.74. The van der Waals surface area contributed by atoms with Crippen LogP contribution in [0, 0.1) is 0 Å². The summed E-state index contributed by atoms with van der Waals surface area (Å²) in [5.41, 5.74) is 0.599. The van der Waals surface area contributed by atoms with E-state index in [1.54, 1.807) is 18.2 Å². The van der Waals surface area contributed by atoms with Crippen LogP contribution in [0.3, 0.4) is 0 Å². The molecule has 2 heterocycles. The van der Waals surface area contributed by atoms with Crippen molar-refractivity contribution in [2.24, 2.45) is 0 Å². The fraction of sp³-hybridized carbons (Fsp3) is 0.500. The van der Waals surface area contributed by atoms with E-state index in [2.05, 4.69) is 20.8 Å². The third-order valence-corrected chi connectivity index (χ3v) is 4.57. The zero-order chi connectivity index (χ0) is 19.4. The molecular formula is C18H22F3N5O. The quantitative estimate of drug-likeness (QED) is 0.835. The van der Waals surface area contributed by atoms with Crippen LogP contribution in [0.2, 0.25) is 0 Å². The summed E-state index contributed by atoms with van der Waals surface area (Å²) in [7, 11) is 0. The van der Waals surface area contributed by atoms with Gasteiger partial charge in [0.15, 0.2) is 5.82 Å². The number of rotatable bonds is 5. The number of amides is 2. The number of benzene rings is 1. The molecule has 0 radical (unpaired) electrons. The highest BCUT2D eigenvalue weighted by Gasteiger charge is 2.28.